The summed E-state index contributed by atoms with van der Waals surface area (Å²) in [5.41, 5.74) is -1.04. The van der Waals surface area contributed by atoms with Crippen molar-refractivity contribution in [3.8, 4) is 5.75 Å². The number of carbonyl (C=O) groups excluding carboxylic acids is 1. The number of aromatic nitrogens is 1. The van der Waals surface area contributed by atoms with Gasteiger partial charge in [-0.1, -0.05) is 11.6 Å². The van der Waals surface area contributed by atoms with Gasteiger partial charge in [0.2, 0.25) is 0 Å². The first kappa shape index (κ1) is 16.0. The molecule has 8 heteroatoms. The van der Waals surface area contributed by atoms with E-state index in [9.17, 15) is 18.0 Å². The number of Topliss-reactive ketones (excluding diaryl/α,β-unsaturated/α-hetero) is 1. The Morgan fingerprint density at radius 3 is 2.81 bits per heavy atom. The molecule has 1 aromatic heterocycles. The van der Waals surface area contributed by atoms with Gasteiger partial charge >= 0.3 is 6.18 Å². The van der Waals surface area contributed by atoms with E-state index in [1.54, 1.807) is 0 Å². The number of nitrogens with one attached hydrogen (secondary N) is 1. The van der Waals surface area contributed by atoms with Crippen LogP contribution in [0.3, 0.4) is 0 Å². The molecule has 1 saturated heterocycles. The highest BCUT2D eigenvalue weighted by Crippen LogP contribution is 2.35. The zero-order valence-corrected chi connectivity index (χ0v) is 12.0. The Kier molecular flexibility index (Phi) is 4.73. The molecule has 0 bridgehead atoms. The quantitative estimate of drug-likeness (QED) is 0.869. The maximum atomic E-state index is 12.7. The van der Waals surface area contributed by atoms with Crippen LogP contribution >= 0.6 is 11.6 Å². The topological polar surface area (TPSA) is 51.2 Å². The normalized spacial score (nSPS) is 23.2. The van der Waals surface area contributed by atoms with Crippen LogP contribution in [0.5, 0.6) is 5.75 Å². The maximum absolute atomic E-state index is 12.7. The second kappa shape index (κ2) is 6.19. The van der Waals surface area contributed by atoms with Crippen LogP contribution in [0.15, 0.2) is 12.3 Å². The zero-order chi connectivity index (χ0) is 15.6. The molecular formula is C13H14ClF3N2O2. The van der Waals surface area contributed by atoms with Crippen molar-refractivity contribution in [1.29, 1.82) is 0 Å². The van der Waals surface area contributed by atoms with E-state index in [0.717, 1.165) is 12.3 Å². The van der Waals surface area contributed by atoms with Crippen LogP contribution in [0.25, 0.3) is 0 Å². The van der Waals surface area contributed by atoms with E-state index in [2.05, 4.69) is 10.3 Å². The van der Waals surface area contributed by atoms with E-state index in [1.165, 1.54) is 0 Å². The predicted molar refractivity (Wildman–Crippen MR) is 70.4 cm³/mol. The van der Waals surface area contributed by atoms with Gasteiger partial charge in [0, 0.05) is 24.9 Å². The Bertz CT molecular complexity index is 537. The highest BCUT2D eigenvalue weighted by molar-refractivity contribution is 6.30. The summed E-state index contributed by atoms with van der Waals surface area (Å²) in [4.78, 5) is 14.9. The SMILES string of the molecule is CC1CC(=O)CC(COc2cnc(Cl)c(C(F)(F)F)c2)N1. The lowest BCUT2D eigenvalue weighted by Crippen LogP contribution is -2.47. The van der Waals surface area contributed by atoms with Crippen molar-refractivity contribution in [3.05, 3.63) is 23.0 Å². The molecule has 1 fully saturated rings. The first-order valence-electron chi connectivity index (χ1n) is 6.39. The number of pyridine rings is 1. The summed E-state index contributed by atoms with van der Waals surface area (Å²) in [6.07, 6.45) is -2.70. The van der Waals surface area contributed by atoms with Gasteiger partial charge in [-0.15, -0.1) is 0 Å². The van der Waals surface area contributed by atoms with E-state index in [-0.39, 0.29) is 30.2 Å². The number of nitrogens with zero attached hydrogens (tertiary/aromatic N) is 1. The lowest BCUT2D eigenvalue weighted by molar-refractivity contribution is -0.137. The first-order chi connectivity index (χ1) is 9.75. The molecule has 1 N–H and O–H groups in total. The summed E-state index contributed by atoms with van der Waals surface area (Å²) in [6.45, 7) is 1.96. The standard InChI is InChI=1S/C13H14ClF3N2O2/c1-7-2-9(20)3-8(19-7)6-21-10-4-11(13(15,16)17)12(14)18-5-10/h4-5,7-8,19H,2-3,6H2,1H3. The largest absolute Gasteiger partial charge is 0.490 e. The third-order valence-electron chi connectivity index (χ3n) is 3.10. The molecule has 1 aliphatic heterocycles. The van der Waals surface area contributed by atoms with Crippen LogP contribution in [0.2, 0.25) is 5.15 Å². The average molecular weight is 323 g/mol. The molecule has 4 nitrogen and oxygen atoms in total. The fraction of sp³-hybridized carbons (Fsp3) is 0.538. The molecule has 0 radical (unpaired) electrons. The number of halogens is 4. The summed E-state index contributed by atoms with van der Waals surface area (Å²) >= 11 is 5.42. The van der Waals surface area contributed by atoms with Gasteiger partial charge in [-0.25, -0.2) is 4.98 Å². The summed E-state index contributed by atoms with van der Waals surface area (Å²) in [5, 5.41) is 2.54. The molecule has 2 atom stereocenters. The van der Waals surface area contributed by atoms with Crippen molar-refractivity contribution in [1.82, 2.24) is 10.3 Å². The third-order valence-corrected chi connectivity index (χ3v) is 3.40. The van der Waals surface area contributed by atoms with E-state index in [4.69, 9.17) is 16.3 Å². The van der Waals surface area contributed by atoms with Crippen LogP contribution in [-0.4, -0.2) is 29.5 Å². The summed E-state index contributed by atoms with van der Waals surface area (Å²) in [5.74, 6) is 0.0827. The number of carbonyl (C=O) groups is 1. The van der Waals surface area contributed by atoms with E-state index in [0.29, 0.717) is 12.8 Å². The van der Waals surface area contributed by atoms with Gasteiger partial charge in [0.05, 0.1) is 11.8 Å². The number of alkyl halides is 3. The Balaban J connectivity index is 2.02. The summed E-state index contributed by atoms with van der Waals surface area (Å²) in [7, 11) is 0. The Morgan fingerprint density at radius 1 is 1.48 bits per heavy atom. The number of ketones is 1. The highest BCUT2D eigenvalue weighted by atomic mass is 35.5. The van der Waals surface area contributed by atoms with Gasteiger partial charge in [-0.3, -0.25) is 4.79 Å². The van der Waals surface area contributed by atoms with Crippen LogP contribution in [0, 0.1) is 0 Å². The van der Waals surface area contributed by atoms with Crippen molar-refractivity contribution >= 4 is 17.4 Å². The van der Waals surface area contributed by atoms with Crippen LogP contribution in [0.1, 0.15) is 25.3 Å². The molecule has 2 rings (SSSR count). The molecule has 0 aliphatic carbocycles. The van der Waals surface area contributed by atoms with Crippen molar-refractivity contribution in [2.24, 2.45) is 0 Å². The average Bonchev–Trinajstić information content (AvgIpc) is 2.35. The molecule has 0 saturated carbocycles. The van der Waals surface area contributed by atoms with E-state index < -0.39 is 16.9 Å². The minimum absolute atomic E-state index is 0.0285. The van der Waals surface area contributed by atoms with Gasteiger partial charge in [0.1, 0.15) is 23.3 Å². The van der Waals surface area contributed by atoms with Crippen molar-refractivity contribution in [3.63, 3.8) is 0 Å². The van der Waals surface area contributed by atoms with Gasteiger partial charge in [-0.2, -0.15) is 13.2 Å². The number of piperidine rings is 1. The molecule has 2 heterocycles. The molecule has 0 spiro atoms. The first-order valence-corrected chi connectivity index (χ1v) is 6.77. The fourth-order valence-corrected chi connectivity index (χ4v) is 2.44. The highest BCUT2D eigenvalue weighted by Gasteiger charge is 2.34. The summed E-state index contributed by atoms with van der Waals surface area (Å²) < 4.78 is 43.4. The maximum Gasteiger partial charge on any atom is 0.419 e. The fourth-order valence-electron chi connectivity index (χ4n) is 2.23. The Hall–Kier alpha value is -1.34. The van der Waals surface area contributed by atoms with Crippen LogP contribution in [-0.2, 0) is 11.0 Å². The van der Waals surface area contributed by atoms with Gasteiger partial charge in [0.25, 0.3) is 0 Å². The lowest BCUT2D eigenvalue weighted by Gasteiger charge is -2.27. The van der Waals surface area contributed by atoms with Crippen molar-refractivity contribution in [2.75, 3.05) is 6.61 Å². The van der Waals surface area contributed by atoms with Crippen LogP contribution < -0.4 is 10.1 Å². The molecule has 2 unspecified atom stereocenters. The molecular weight excluding hydrogens is 309 g/mol. The van der Waals surface area contributed by atoms with Crippen molar-refractivity contribution < 1.29 is 22.7 Å². The second-order valence-electron chi connectivity index (χ2n) is 5.03. The van der Waals surface area contributed by atoms with Crippen LogP contribution in [0.4, 0.5) is 13.2 Å². The minimum Gasteiger partial charge on any atom is -0.490 e. The molecule has 0 amide bonds. The smallest absolute Gasteiger partial charge is 0.419 e. The lowest BCUT2D eigenvalue weighted by atomic mass is 9.99. The van der Waals surface area contributed by atoms with Crippen molar-refractivity contribution in [2.45, 2.75) is 38.0 Å². The second-order valence-corrected chi connectivity index (χ2v) is 5.39. The molecule has 21 heavy (non-hydrogen) atoms. The Morgan fingerprint density at radius 2 is 2.19 bits per heavy atom. The Labute approximate surface area is 124 Å². The van der Waals surface area contributed by atoms with Gasteiger partial charge in [-0.05, 0) is 13.0 Å². The van der Waals surface area contributed by atoms with Gasteiger partial charge in [0.15, 0.2) is 0 Å². The molecule has 1 aromatic rings. The zero-order valence-electron chi connectivity index (χ0n) is 11.2. The number of hydrogen-bond acceptors (Lipinski definition) is 4. The predicted octanol–water partition coefficient (Wildman–Crippen LogP) is 2.84. The number of ether oxygens (including phenoxy) is 1. The molecule has 1 aliphatic rings. The third kappa shape index (κ3) is 4.31. The molecule has 0 aromatic carbocycles. The number of rotatable bonds is 3. The molecule has 116 valence electrons. The minimum atomic E-state index is -4.59. The van der Waals surface area contributed by atoms with E-state index >= 15 is 0 Å². The van der Waals surface area contributed by atoms with E-state index in [1.807, 2.05) is 6.92 Å². The monoisotopic (exact) mass is 322 g/mol. The summed E-state index contributed by atoms with van der Waals surface area (Å²) in [6, 6.07) is 0.629. The van der Waals surface area contributed by atoms with Gasteiger partial charge < -0.3 is 10.1 Å². The number of hydrogen-bond donors (Lipinski definition) is 1.